The van der Waals surface area contributed by atoms with Crippen molar-refractivity contribution in [3.8, 4) is 0 Å². The minimum Gasteiger partial charge on any atom is -0.390 e. The summed E-state index contributed by atoms with van der Waals surface area (Å²) < 4.78 is 25.3. The Kier molecular flexibility index (Phi) is 4.22. The highest BCUT2D eigenvalue weighted by Gasteiger charge is 2.16. The molecule has 0 atom stereocenters. The molecule has 0 saturated heterocycles. The van der Waals surface area contributed by atoms with Gasteiger partial charge in [-0.1, -0.05) is 0 Å². The zero-order valence-corrected chi connectivity index (χ0v) is 9.32. The van der Waals surface area contributed by atoms with Gasteiger partial charge < -0.3 is 5.11 Å². The van der Waals surface area contributed by atoms with Crippen LogP contribution < -0.4 is 0 Å². The minimum atomic E-state index is -2.65. The molecule has 1 N–H and O–H groups in total. The highest BCUT2D eigenvalue weighted by molar-refractivity contribution is 9.10. The van der Waals surface area contributed by atoms with Crippen molar-refractivity contribution in [1.82, 2.24) is 4.98 Å². The third kappa shape index (κ3) is 2.40. The monoisotopic (exact) mass is 285 g/mol. The number of alkyl halides is 3. The van der Waals surface area contributed by atoms with Gasteiger partial charge in [0.05, 0.1) is 23.9 Å². The van der Waals surface area contributed by atoms with Gasteiger partial charge in [-0.15, -0.1) is 11.6 Å². The molecule has 0 aliphatic heterocycles. The molecule has 0 aliphatic rings. The normalized spacial score (nSPS) is 11.0. The molecule has 0 amide bonds. The van der Waals surface area contributed by atoms with E-state index >= 15 is 0 Å². The largest absolute Gasteiger partial charge is 0.390 e. The Labute approximate surface area is 93.0 Å². The predicted molar refractivity (Wildman–Crippen MR) is 52.4 cm³/mol. The second-order valence-electron chi connectivity index (χ2n) is 2.55. The average Bonchev–Trinajstić information content (AvgIpc) is 2.17. The lowest BCUT2D eigenvalue weighted by Crippen LogP contribution is -2.02. The molecule has 1 heterocycles. The van der Waals surface area contributed by atoms with Gasteiger partial charge in [-0.05, 0) is 22.0 Å². The first-order valence-electron chi connectivity index (χ1n) is 3.73. The standard InChI is InChI=1S/C8H7BrClF2NO/c9-5-1-4(8(11)12)7(3-14)13-6(5)2-10/h1,8,14H,2-3H2. The minimum absolute atomic E-state index is 0.0288. The third-order valence-electron chi connectivity index (χ3n) is 1.67. The smallest absolute Gasteiger partial charge is 0.265 e. The average molecular weight is 287 g/mol. The Morgan fingerprint density at radius 2 is 2.14 bits per heavy atom. The number of pyridine rings is 1. The van der Waals surface area contributed by atoms with Crippen LogP contribution in [0.25, 0.3) is 0 Å². The molecule has 6 heteroatoms. The van der Waals surface area contributed by atoms with Crippen LogP contribution in [0.2, 0.25) is 0 Å². The summed E-state index contributed by atoms with van der Waals surface area (Å²) in [7, 11) is 0. The maximum atomic E-state index is 12.4. The van der Waals surface area contributed by atoms with Gasteiger partial charge in [0.1, 0.15) is 0 Å². The quantitative estimate of drug-likeness (QED) is 0.867. The van der Waals surface area contributed by atoms with Gasteiger partial charge in [0.2, 0.25) is 0 Å². The molecule has 1 rings (SSSR count). The van der Waals surface area contributed by atoms with Crippen molar-refractivity contribution in [3.05, 3.63) is 27.5 Å². The molecule has 14 heavy (non-hydrogen) atoms. The van der Waals surface area contributed by atoms with E-state index in [1.54, 1.807) is 0 Å². The molecule has 1 aromatic heterocycles. The van der Waals surface area contributed by atoms with Crippen molar-refractivity contribution in [1.29, 1.82) is 0 Å². The Bertz CT molecular complexity index is 335. The number of aliphatic hydroxyl groups excluding tert-OH is 1. The Balaban J connectivity index is 3.24. The van der Waals surface area contributed by atoms with E-state index in [0.29, 0.717) is 10.2 Å². The summed E-state index contributed by atoms with van der Waals surface area (Å²) >= 11 is 8.61. The van der Waals surface area contributed by atoms with E-state index in [0.717, 1.165) is 0 Å². The molecule has 78 valence electrons. The highest BCUT2D eigenvalue weighted by Crippen LogP contribution is 2.27. The number of aliphatic hydroxyl groups is 1. The summed E-state index contributed by atoms with van der Waals surface area (Å²) in [5, 5.41) is 8.82. The lowest BCUT2D eigenvalue weighted by Gasteiger charge is -2.08. The molecule has 0 unspecified atom stereocenters. The molecule has 0 aromatic carbocycles. The second-order valence-corrected chi connectivity index (χ2v) is 3.67. The van der Waals surface area contributed by atoms with E-state index in [2.05, 4.69) is 20.9 Å². The van der Waals surface area contributed by atoms with Crippen LogP contribution in [0.1, 0.15) is 23.4 Å². The zero-order chi connectivity index (χ0) is 10.7. The van der Waals surface area contributed by atoms with Crippen LogP contribution in [0.3, 0.4) is 0 Å². The van der Waals surface area contributed by atoms with Gasteiger partial charge in [-0.25, -0.2) is 8.78 Å². The van der Waals surface area contributed by atoms with Crippen molar-refractivity contribution in [2.75, 3.05) is 0 Å². The first kappa shape index (κ1) is 11.8. The van der Waals surface area contributed by atoms with Crippen molar-refractivity contribution >= 4 is 27.5 Å². The summed E-state index contributed by atoms with van der Waals surface area (Å²) in [5.41, 5.74) is 0.146. The number of hydrogen-bond donors (Lipinski definition) is 1. The van der Waals surface area contributed by atoms with Gasteiger partial charge in [-0.2, -0.15) is 0 Å². The van der Waals surface area contributed by atoms with Crippen LogP contribution in [0, 0.1) is 0 Å². The van der Waals surface area contributed by atoms with Crippen LogP contribution in [-0.4, -0.2) is 10.1 Å². The van der Waals surface area contributed by atoms with Crippen LogP contribution >= 0.6 is 27.5 Å². The highest BCUT2D eigenvalue weighted by atomic mass is 79.9. The van der Waals surface area contributed by atoms with E-state index in [1.165, 1.54) is 6.07 Å². The number of aromatic nitrogens is 1. The molecule has 0 saturated carbocycles. The van der Waals surface area contributed by atoms with Crippen molar-refractivity contribution in [2.45, 2.75) is 18.9 Å². The topological polar surface area (TPSA) is 33.1 Å². The maximum Gasteiger partial charge on any atom is 0.265 e. The van der Waals surface area contributed by atoms with Gasteiger partial charge in [0.25, 0.3) is 6.43 Å². The summed E-state index contributed by atoms with van der Waals surface area (Å²) in [4.78, 5) is 3.82. The summed E-state index contributed by atoms with van der Waals surface area (Å²) in [6, 6.07) is 1.24. The lowest BCUT2D eigenvalue weighted by molar-refractivity contribution is 0.146. The van der Waals surface area contributed by atoms with Crippen LogP contribution in [-0.2, 0) is 12.5 Å². The predicted octanol–water partition coefficient (Wildman–Crippen LogP) is 3.01. The molecule has 1 aromatic rings. The van der Waals surface area contributed by atoms with Crippen LogP contribution in [0.5, 0.6) is 0 Å². The number of halogens is 4. The van der Waals surface area contributed by atoms with Gasteiger partial charge in [0.15, 0.2) is 0 Å². The third-order valence-corrected chi connectivity index (χ3v) is 2.61. The summed E-state index contributed by atoms with van der Waals surface area (Å²) in [6.07, 6.45) is -2.65. The van der Waals surface area contributed by atoms with E-state index in [9.17, 15) is 8.78 Å². The molecule has 0 fully saturated rings. The summed E-state index contributed by atoms with van der Waals surface area (Å²) in [5.74, 6) is 0.108. The van der Waals surface area contributed by atoms with Gasteiger partial charge in [0, 0.05) is 10.0 Å². The van der Waals surface area contributed by atoms with Gasteiger partial charge >= 0.3 is 0 Å². The number of hydrogen-bond acceptors (Lipinski definition) is 2. The van der Waals surface area contributed by atoms with Crippen molar-refractivity contribution < 1.29 is 13.9 Å². The van der Waals surface area contributed by atoms with Gasteiger partial charge in [-0.3, -0.25) is 4.98 Å². The number of rotatable bonds is 3. The zero-order valence-electron chi connectivity index (χ0n) is 6.98. The van der Waals surface area contributed by atoms with Crippen LogP contribution in [0.4, 0.5) is 8.78 Å². The first-order valence-corrected chi connectivity index (χ1v) is 5.06. The Morgan fingerprint density at radius 3 is 2.57 bits per heavy atom. The molecule has 0 bridgehead atoms. The fraction of sp³-hybridized carbons (Fsp3) is 0.375. The van der Waals surface area contributed by atoms with E-state index in [4.69, 9.17) is 16.7 Å². The van der Waals surface area contributed by atoms with E-state index in [-0.39, 0.29) is 17.1 Å². The fourth-order valence-corrected chi connectivity index (χ4v) is 1.83. The SMILES string of the molecule is OCc1nc(CCl)c(Br)cc1C(F)F. The second kappa shape index (κ2) is 5.00. The molecule has 0 aliphatic carbocycles. The molecular formula is C8H7BrClF2NO. The lowest BCUT2D eigenvalue weighted by atomic mass is 10.2. The molecule has 0 spiro atoms. The molecule has 0 radical (unpaired) electrons. The first-order chi connectivity index (χ1) is 6.60. The fourth-order valence-electron chi connectivity index (χ4n) is 0.993. The summed E-state index contributed by atoms with van der Waals surface area (Å²) in [6.45, 7) is -0.517. The van der Waals surface area contributed by atoms with E-state index in [1.807, 2.05) is 0 Å². The maximum absolute atomic E-state index is 12.4. The Hall–Kier alpha value is -0.260. The van der Waals surface area contributed by atoms with Crippen LogP contribution in [0.15, 0.2) is 10.5 Å². The van der Waals surface area contributed by atoms with E-state index < -0.39 is 13.0 Å². The molecule has 2 nitrogen and oxygen atoms in total. The van der Waals surface area contributed by atoms with Crippen molar-refractivity contribution in [2.24, 2.45) is 0 Å². The molecular weight excluding hydrogens is 279 g/mol. The number of nitrogens with zero attached hydrogens (tertiary/aromatic N) is 1. The van der Waals surface area contributed by atoms with Crippen molar-refractivity contribution in [3.63, 3.8) is 0 Å². The Morgan fingerprint density at radius 1 is 1.50 bits per heavy atom.